The zero-order valence-electron chi connectivity index (χ0n) is 10.3. The van der Waals surface area contributed by atoms with E-state index in [1.54, 1.807) is 0 Å². The van der Waals surface area contributed by atoms with Crippen LogP contribution in [0.25, 0.3) is 0 Å². The van der Waals surface area contributed by atoms with E-state index in [2.05, 4.69) is 33.1 Å². The van der Waals surface area contributed by atoms with E-state index in [1.165, 1.54) is 32.2 Å². The van der Waals surface area contributed by atoms with Crippen molar-refractivity contribution in [1.29, 1.82) is 0 Å². The summed E-state index contributed by atoms with van der Waals surface area (Å²) in [4.78, 5) is 0. The zero-order chi connectivity index (χ0) is 10.6. The van der Waals surface area contributed by atoms with E-state index in [9.17, 15) is 0 Å². The highest BCUT2D eigenvalue weighted by molar-refractivity contribution is 4.82. The molecule has 1 rings (SSSR count). The van der Waals surface area contributed by atoms with Crippen LogP contribution >= 0.6 is 0 Å². The fraction of sp³-hybridized carbons (Fsp3) is 1.00. The molecule has 0 spiro atoms. The van der Waals surface area contributed by atoms with Gasteiger partial charge in [0.15, 0.2) is 0 Å². The third-order valence-corrected chi connectivity index (χ3v) is 4.15. The molecule has 0 radical (unpaired) electrons. The van der Waals surface area contributed by atoms with Gasteiger partial charge in [-0.15, -0.1) is 0 Å². The molecule has 4 unspecified atom stereocenters. The van der Waals surface area contributed by atoms with Crippen LogP contribution < -0.4 is 5.32 Å². The van der Waals surface area contributed by atoms with Gasteiger partial charge in [-0.1, -0.05) is 33.6 Å². The zero-order valence-corrected chi connectivity index (χ0v) is 10.3. The van der Waals surface area contributed by atoms with Crippen molar-refractivity contribution >= 4 is 0 Å². The second-order valence-corrected chi connectivity index (χ2v) is 5.29. The molecule has 0 heterocycles. The molecule has 1 N–H and O–H groups in total. The van der Waals surface area contributed by atoms with Crippen LogP contribution in [-0.2, 0) is 0 Å². The van der Waals surface area contributed by atoms with Crippen LogP contribution in [0, 0.1) is 23.7 Å². The topological polar surface area (TPSA) is 12.0 Å². The van der Waals surface area contributed by atoms with Crippen molar-refractivity contribution in [2.45, 2.75) is 46.5 Å². The maximum atomic E-state index is 3.36. The van der Waals surface area contributed by atoms with Gasteiger partial charge in [0.1, 0.15) is 0 Å². The standard InChI is InChI=1S/C13H27N/c1-5-11(3)13-8-10(2)6-7-12(13)9-14-4/h10-14H,5-9H2,1-4H3. The van der Waals surface area contributed by atoms with Crippen LogP contribution in [0.4, 0.5) is 0 Å². The Kier molecular flexibility index (Phi) is 4.94. The summed E-state index contributed by atoms with van der Waals surface area (Å²) in [5, 5.41) is 3.36. The Morgan fingerprint density at radius 1 is 1.36 bits per heavy atom. The van der Waals surface area contributed by atoms with Gasteiger partial charge in [0.2, 0.25) is 0 Å². The lowest BCUT2D eigenvalue weighted by Crippen LogP contribution is -2.34. The van der Waals surface area contributed by atoms with Crippen LogP contribution in [-0.4, -0.2) is 13.6 Å². The van der Waals surface area contributed by atoms with E-state index in [0.29, 0.717) is 0 Å². The maximum absolute atomic E-state index is 3.36. The molecule has 1 fully saturated rings. The number of hydrogen-bond acceptors (Lipinski definition) is 1. The summed E-state index contributed by atoms with van der Waals surface area (Å²) in [7, 11) is 2.09. The molecular weight excluding hydrogens is 170 g/mol. The molecule has 0 amide bonds. The highest BCUT2D eigenvalue weighted by Crippen LogP contribution is 2.38. The second-order valence-electron chi connectivity index (χ2n) is 5.29. The quantitative estimate of drug-likeness (QED) is 0.729. The van der Waals surface area contributed by atoms with Crippen molar-refractivity contribution < 1.29 is 0 Å². The van der Waals surface area contributed by atoms with Crippen LogP contribution in [0.1, 0.15) is 46.5 Å². The monoisotopic (exact) mass is 197 g/mol. The smallest absolute Gasteiger partial charge is 0.00208 e. The minimum Gasteiger partial charge on any atom is -0.319 e. The third-order valence-electron chi connectivity index (χ3n) is 4.15. The molecule has 0 saturated heterocycles. The molecule has 84 valence electrons. The van der Waals surface area contributed by atoms with Gasteiger partial charge in [0.25, 0.3) is 0 Å². The Bertz CT molecular complexity index is 155. The molecule has 0 aromatic carbocycles. The fourth-order valence-corrected chi connectivity index (χ4v) is 3.00. The van der Waals surface area contributed by atoms with E-state index >= 15 is 0 Å². The maximum Gasteiger partial charge on any atom is -0.00208 e. The van der Waals surface area contributed by atoms with Crippen LogP contribution in [0.5, 0.6) is 0 Å². The van der Waals surface area contributed by atoms with Crippen LogP contribution in [0.15, 0.2) is 0 Å². The largest absolute Gasteiger partial charge is 0.319 e. The summed E-state index contributed by atoms with van der Waals surface area (Å²) < 4.78 is 0. The Morgan fingerprint density at radius 3 is 2.64 bits per heavy atom. The first-order valence-electron chi connectivity index (χ1n) is 6.33. The molecule has 1 aliphatic rings. The van der Waals surface area contributed by atoms with Gasteiger partial charge in [-0.05, 0) is 50.1 Å². The minimum atomic E-state index is 0.913. The normalized spacial score (nSPS) is 35.6. The van der Waals surface area contributed by atoms with Crippen molar-refractivity contribution in [1.82, 2.24) is 5.32 Å². The second kappa shape index (κ2) is 5.75. The molecule has 14 heavy (non-hydrogen) atoms. The van der Waals surface area contributed by atoms with Gasteiger partial charge in [-0.25, -0.2) is 0 Å². The molecule has 0 bridgehead atoms. The summed E-state index contributed by atoms with van der Waals surface area (Å²) in [5.74, 6) is 3.78. The van der Waals surface area contributed by atoms with Gasteiger partial charge in [0.05, 0.1) is 0 Å². The Balaban J connectivity index is 2.53. The molecule has 1 aliphatic carbocycles. The van der Waals surface area contributed by atoms with Crippen molar-refractivity contribution in [2.75, 3.05) is 13.6 Å². The lowest BCUT2D eigenvalue weighted by atomic mass is 9.69. The first-order chi connectivity index (χ1) is 6.69. The van der Waals surface area contributed by atoms with Gasteiger partial charge < -0.3 is 5.32 Å². The Hall–Kier alpha value is -0.0400. The highest BCUT2D eigenvalue weighted by Gasteiger charge is 2.30. The highest BCUT2D eigenvalue weighted by atomic mass is 14.8. The number of hydrogen-bond donors (Lipinski definition) is 1. The average Bonchev–Trinajstić information content (AvgIpc) is 2.20. The summed E-state index contributed by atoms with van der Waals surface area (Å²) in [6, 6.07) is 0. The van der Waals surface area contributed by atoms with Gasteiger partial charge in [0, 0.05) is 0 Å². The van der Waals surface area contributed by atoms with Crippen LogP contribution in [0.3, 0.4) is 0 Å². The molecule has 0 aliphatic heterocycles. The molecule has 1 saturated carbocycles. The SMILES string of the molecule is CCC(C)C1CC(C)CCC1CNC. The lowest BCUT2D eigenvalue weighted by Gasteiger charge is -2.38. The first-order valence-corrected chi connectivity index (χ1v) is 6.33. The van der Waals surface area contributed by atoms with Crippen molar-refractivity contribution in [3.05, 3.63) is 0 Å². The summed E-state index contributed by atoms with van der Waals surface area (Å²) in [5.41, 5.74) is 0. The fourth-order valence-electron chi connectivity index (χ4n) is 3.00. The van der Waals surface area contributed by atoms with E-state index in [-0.39, 0.29) is 0 Å². The molecular formula is C13H27N. The van der Waals surface area contributed by atoms with Crippen molar-refractivity contribution in [3.8, 4) is 0 Å². The molecule has 1 nitrogen and oxygen atoms in total. The Morgan fingerprint density at radius 2 is 2.07 bits per heavy atom. The third kappa shape index (κ3) is 2.98. The van der Waals surface area contributed by atoms with E-state index in [0.717, 1.165) is 23.7 Å². The van der Waals surface area contributed by atoms with Crippen molar-refractivity contribution in [3.63, 3.8) is 0 Å². The number of nitrogens with one attached hydrogen (secondary N) is 1. The molecule has 0 aromatic rings. The van der Waals surface area contributed by atoms with E-state index < -0.39 is 0 Å². The predicted octanol–water partition coefficient (Wildman–Crippen LogP) is 3.30. The predicted molar refractivity (Wildman–Crippen MR) is 63.4 cm³/mol. The summed E-state index contributed by atoms with van der Waals surface area (Å²) >= 11 is 0. The van der Waals surface area contributed by atoms with Crippen molar-refractivity contribution in [2.24, 2.45) is 23.7 Å². The molecule has 0 aromatic heterocycles. The molecule has 1 heteroatoms. The van der Waals surface area contributed by atoms with Gasteiger partial charge >= 0.3 is 0 Å². The summed E-state index contributed by atoms with van der Waals surface area (Å²) in [6.45, 7) is 8.42. The van der Waals surface area contributed by atoms with Gasteiger partial charge in [-0.3, -0.25) is 0 Å². The average molecular weight is 197 g/mol. The first kappa shape index (κ1) is 12.0. The van der Waals surface area contributed by atoms with E-state index in [1.807, 2.05) is 0 Å². The number of rotatable bonds is 4. The molecule has 4 atom stereocenters. The van der Waals surface area contributed by atoms with Gasteiger partial charge in [-0.2, -0.15) is 0 Å². The Labute approximate surface area is 89.7 Å². The van der Waals surface area contributed by atoms with E-state index in [4.69, 9.17) is 0 Å². The summed E-state index contributed by atoms with van der Waals surface area (Å²) in [6.07, 6.45) is 5.69. The lowest BCUT2D eigenvalue weighted by molar-refractivity contribution is 0.131. The minimum absolute atomic E-state index is 0.913. The van der Waals surface area contributed by atoms with Crippen LogP contribution in [0.2, 0.25) is 0 Å².